The monoisotopic (exact) mass is 435 g/mol. The van der Waals surface area contributed by atoms with Gasteiger partial charge in [-0.25, -0.2) is 9.50 Å². The van der Waals surface area contributed by atoms with E-state index in [1.165, 1.54) is 38.8 Å². The van der Waals surface area contributed by atoms with E-state index in [2.05, 4.69) is 28.2 Å². The quantitative estimate of drug-likeness (QED) is 0.750. The van der Waals surface area contributed by atoms with E-state index in [-0.39, 0.29) is 17.4 Å². The molecule has 2 fully saturated rings. The molecular weight excluding hydrogens is 402 g/mol. The van der Waals surface area contributed by atoms with Gasteiger partial charge in [-0.3, -0.25) is 14.7 Å². The Hall–Kier alpha value is -2.41. The molecule has 0 unspecified atom stereocenters. The van der Waals surface area contributed by atoms with Crippen molar-refractivity contribution in [1.29, 1.82) is 0 Å². The molecule has 1 saturated carbocycles. The highest BCUT2D eigenvalue weighted by molar-refractivity contribution is 5.81. The van der Waals surface area contributed by atoms with Gasteiger partial charge in [-0.15, -0.1) is 0 Å². The first kappa shape index (κ1) is 20.2. The molecule has 1 N–H and O–H groups in total. The minimum Gasteiger partial charge on any atom is -0.337 e. The van der Waals surface area contributed by atoms with Crippen LogP contribution in [0.2, 0.25) is 0 Å². The number of allylic oxidation sites excluding steroid dienone is 2. The zero-order valence-corrected chi connectivity index (χ0v) is 18.8. The van der Waals surface area contributed by atoms with Crippen LogP contribution in [0.1, 0.15) is 67.8 Å². The molecule has 7 nitrogen and oxygen atoms in total. The number of nitrogens with zero attached hydrogens (tertiary/aromatic N) is 4. The lowest BCUT2D eigenvalue weighted by molar-refractivity contribution is -0.133. The summed E-state index contributed by atoms with van der Waals surface area (Å²) in [7, 11) is 0. The molecule has 0 aromatic carbocycles. The molecule has 1 saturated heterocycles. The molecule has 2 aromatic rings. The van der Waals surface area contributed by atoms with Crippen molar-refractivity contribution in [3.8, 4) is 0 Å². The van der Waals surface area contributed by atoms with E-state index in [4.69, 9.17) is 4.98 Å². The number of amides is 1. The Morgan fingerprint density at radius 2 is 2.06 bits per heavy atom. The van der Waals surface area contributed by atoms with Gasteiger partial charge in [-0.2, -0.15) is 0 Å². The van der Waals surface area contributed by atoms with Crippen LogP contribution in [-0.4, -0.2) is 56.5 Å². The molecule has 6 rings (SSSR count). The second-order valence-electron chi connectivity index (χ2n) is 10.3. The third-order valence-corrected chi connectivity index (χ3v) is 7.86. The van der Waals surface area contributed by atoms with Crippen LogP contribution >= 0.6 is 0 Å². The number of piperidine rings is 1. The smallest absolute Gasteiger partial charge is 0.277 e. The van der Waals surface area contributed by atoms with Gasteiger partial charge in [0.2, 0.25) is 5.91 Å². The number of nitrogens with one attached hydrogen (secondary N) is 1. The predicted octanol–water partition coefficient (Wildman–Crippen LogP) is 2.85. The Morgan fingerprint density at radius 3 is 2.88 bits per heavy atom. The Bertz CT molecular complexity index is 1110. The number of hydrogen-bond acceptors (Lipinski definition) is 4. The number of carbonyl (C=O) groups is 1. The van der Waals surface area contributed by atoms with Crippen molar-refractivity contribution in [2.45, 2.75) is 63.8 Å². The molecule has 32 heavy (non-hydrogen) atoms. The lowest BCUT2D eigenvalue weighted by atomic mass is 9.90. The largest absolute Gasteiger partial charge is 0.337 e. The summed E-state index contributed by atoms with van der Waals surface area (Å²) in [6.07, 6.45) is 13.4. The summed E-state index contributed by atoms with van der Waals surface area (Å²) >= 11 is 0. The van der Waals surface area contributed by atoms with Crippen molar-refractivity contribution >= 4 is 11.6 Å². The fourth-order valence-electron chi connectivity index (χ4n) is 5.85. The van der Waals surface area contributed by atoms with Crippen LogP contribution in [0, 0.1) is 11.8 Å². The summed E-state index contributed by atoms with van der Waals surface area (Å²) in [5.74, 6) is 1.59. The van der Waals surface area contributed by atoms with Crippen LogP contribution in [0.15, 0.2) is 23.0 Å². The molecule has 7 heteroatoms. The van der Waals surface area contributed by atoms with E-state index in [9.17, 15) is 9.59 Å². The van der Waals surface area contributed by atoms with Crippen molar-refractivity contribution < 1.29 is 4.79 Å². The first-order valence-corrected chi connectivity index (χ1v) is 12.5. The minimum absolute atomic E-state index is 0.0359. The van der Waals surface area contributed by atoms with Gasteiger partial charge in [-0.1, -0.05) is 12.2 Å². The van der Waals surface area contributed by atoms with Gasteiger partial charge < -0.3 is 9.80 Å². The number of aromatic amines is 1. The van der Waals surface area contributed by atoms with Crippen LogP contribution in [-0.2, 0) is 17.8 Å². The van der Waals surface area contributed by atoms with E-state index >= 15 is 0 Å². The van der Waals surface area contributed by atoms with Gasteiger partial charge >= 0.3 is 0 Å². The normalized spacial score (nSPS) is 26.4. The standard InChI is InChI=1S/C25H33N5O2/c31-24(18-8-9-18)29-12-10-21-20(16-29)25(32)30-23(26-21)13-22(27-30)19-7-4-11-28(15-19)14-17-5-2-1-3-6-17/h1-2,13,17-19,27H,3-12,14-16H2/t17-,19-/m1/s1. The first-order valence-electron chi connectivity index (χ1n) is 12.5. The highest BCUT2D eigenvalue weighted by Gasteiger charge is 2.36. The highest BCUT2D eigenvalue weighted by atomic mass is 16.2. The number of H-pyrrole nitrogens is 1. The maximum Gasteiger partial charge on any atom is 0.277 e. The van der Waals surface area contributed by atoms with Gasteiger partial charge in [0.1, 0.15) is 0 Å². The van der Waals surface area contributed by atoms with E-state index in [0.29, 0.717) is 31.0 Å². The molecule has 170 valence electrons. The number of aromatic nitrogens is 3. The molecular formula is C25H33N5O2. The molecule has 2 atom stereocenters. The van der Waals surface area contributed by atoms with Crippen molar-refractivity contribution in [2.24, 2.45) is 11.8 Å². The molecule has 4 heterocycles. The van der Waals surface area contributed by atoms with Crippen molar-refractivity contribution in [3.63, 3.8) is 0 Å². The van der Waals surface area contributed by atoms with E-state index in [1.54, 1.807) is 4.52 Å². The zero-order valence-electron chi connectivity index (χ0n) is 18.8. The van der Waals surface area contributed by atoms with Gasteiger partial charge in [-0.05, 0) is 57.4 Å². The summed E-state index contributed by atoms with van der Waals surface area (Å²) in [5, 5.41) is 3.39. The van der Waals surface area contributed by atoms with Crippen molar-refractivity contribution in [3.05, 3.63) is 45.5 Å². The molecule has 2 aliphatic carbocycles. The second kappa shape index (κ2) is 8.18. The Labute approximate surface area is 188 Å². The van der Waals surface area contributed by atoms with Gasteiger partial charge in [0.15, 0.2) is 5.65 Å². The molecule has 2 aliphatic heterocycles. The molecule has 0 spiro atoms. The van der Waals surface area contributed by atoms with Crippen LogP contribution < -0.4 is 5.56 Å². The van der Waals surface area contributed by atoms with Crippen LogP contribution in [0.25, 0.3) is 5.65 Å². The fraction of sp³-hybridized carbons (Fsp3) is 0.640. The van der Waals surface area contributed by atoms with Crippen LogP contribution in [0.5, 0.6) is 0 Å². The average Bonchev–Trinajstić information content (AvgIpc) is 3.58. The number of fused-ring (bicyclic) bond motifs is 2. The number of likely N-dealkylation sites (tertiary alicyclic amines) is 1. The fourth-order valence-corrected chi connectivity index (χ4v) is 5.85. The molecule has 0 bridgehead atoms. The molecule has 2 aromatic heterocycles. The lowest BCUT2D eigenvalue weighted by Crippen LogP contribution is -2.41. The zero-order chi connectivity index (χ0) is 21.7. The number of rotatable bonds is 4. The van der Waals surface area contributed by atoms with E-state index in [1.807, 2.05) is 4.90 Å². The summed E-state index contributed by atoms with van der Waals surface area (Å²) < 4.78 is 1.62. The Balaban J connectivity index is 1.22. The second-order valence-corrected chi connectivity index (χ2v) is 10.3. The molecule has 1 amide bonds. The van der Waals surface area contributed by atoms with Crippen molar-refractivity contribution in [2.75, 3.05) is 26.2 Å². The maximum atomic E-state index is 13.3. The maximum absolute atomic E-state index is 13.3. The third kappa shape index (κ3) is 3.81. The van der Waals surface area contributed by atoms with Gasteiger partial charge in [0.25, 0.3) is 5.56 Å². The highest BCUT2D eigenvalue weighted by Crippen LogP contribution is 2.33. The first-order chi connectivity index (χ1) is 15.7. The topological polar surface area (TPSA) is 73.7 Å². The van der Waals surface area contributed by atoms with E-state index < -0.39 is 0 Å². The average molecular weight is 436 g/mol. The predicted molar refractivity (Wildman–Crippen MR) is 123 cm³/mol. The lowest BCUT2D eigenvalue weighted by Gasteiger charge is -2.35. The SMILES string of the molecule is O=C(C1CC1)N1CCc2nc3cc([C@@H]4CCCN(C[C@@H]5CC=CCC5)C4)[nH]n3c(=O)c2C1. The molecule has 4 aliphatic rings. The summed E-state index contributed by atoms with van der Waals surface area (Å²) in [6.45, 7) is 4.48. The van der Waals surface area contributed by atoms with Crippen LogP contribution in [0.4, 0.5) is 0 Å². The van der Waals surface area contributed by atoms with Gasteiger partial charge in [0.05, 0.1) is 17.8 Å². The summed E-state index contributed by atoms with van der Waals surface area (Å²) in [6, 6.07) is 2.08. The number of hydrogen-bond donors (Lipinski definition) is 1. The Kier molecular flexibility index (Phi) is 5.17. The van der Waals surface area contributed by atoms with Gasteiger partial charge in [0, 0.05) is 49.7 Å². The molecule has 0 radical (unpaired) electrons. The van der Waals surface area contributed by atoms with E-state index in [0.717, 1.165) is 48.8 Å². The Morgan fingerprint density at radius 1 is 1.16 bits per heavy atom. The van der Waals surface area contributed by atoms with Crippen molar-refractivity contribution in [1.82, 2.24) is 24.4 Å². The van der Waals surface area contributed by atoms with Crippen LogP contribution in [0.3, 0.4) is 0 Å². The summed E-state index contributed by atoms with van der Waals surface area (Å²) in [4.78, 5) is 35.1. The number of carbonyl (C=O) groups excluding carboxylic acids is 1. The summed E-state index contributed by atoms with van der Waals surface area (Å²) in [5.41, 5.74) is 3.37. The minimum atomic E-state index is -0.0359. The third-order valence-electron chi connectivity index (χ3n) is 7.86.